The van der Waals surface area contributed by atoms with Crippen LogP contribution in [-0.2, 0) is 0 Å². The second-order valence-electron chi connectivity index (χ2n) is 3.24. The maximum absolute atomic E-state index is 13.5. The number of rotatable bonds is 2. The molecular weight excluding hydrogens is 358 g/mol. The van der Waals surface area contributed by atoms with Crippen LogP contribution in [0.4, 0.5) is 20.3 Å². The number of anilines is 2. The number of nitrogens with zero attached hydrogens (tertiary/aromatic N) is 1. The smallest absolute Gasteiger partial charge is 0.166 e. The Morgan fingerprint density at radius 1 is 1.06 bits per heavy atom. The molecule has 2 rings (SSSR count). The third-order valence-corrected chi connectivity index (χ3v) is 3.07. The van der Waals surface area contributed by atoms with E-state index in [-0.39, 0.29) is 5.82 Å². The van der Waals surface area contributed by atoms with Crippen molar-refractivity contribution in [2.75, 3.05) is 5.32 Å². The summed E-state index contributed by atoms with van der Waals surface area (Å²) in [5.41, 5.74) is 0.430. The van der Waals surface area contributed by atoms with E-state index in [2.05, 4.69) is 42.2 Å². The fourth-order valence-corrected chi connectivity index (χ4v) is 1.77. The van der Waals surface area contributed by atoms with Gasteiger partial charge in [0.25, 0.3) is 0 Å². The van der Waals surface area contributed by atoms with Gasteiger partial charge in [0.2, 0.25) is 0 Å². The zero-order valence-electron chi connectivity index (χ0n) is 8.35. The highest BCUT2D eigenvalue weighted by molar-refractivity contribution is 9.10. The number of benzene rings is 1. The lowest BCUT2D eigenvalue weighted by Crippen LogP contribution is -1.97. The summed E-state index contributed by atoms with van der Waals surface area (Å²) in [5, 5.41) is 2.70. The minimum absolute atomic E-state index is 0.0509. The van der Waals surface area contributed by atoms with E-state index in [0.29, 0.717) is 14.6 Å². The Hall–Kier alpha value is -1.01. The van der Waals surface area contributed by atoms with Gasteiger partial charge in [-0.15, -0.1) is 0 Å². The largest absolute Gasteiger partial charge is 0.338 e. The topological polar surface area (TPSA) is 24.9 Å². The van der Waals surface area contributed by atoms with Gasteiger partial charge in [0.05, 0.1) is 4.47 Å². The molecule has 88 valence electrons. The van der Waals surface area contributed by atoms with Crippen LogP contribution in [0.15, 0.2) is 39.4 Å². The first kappa shape index (κ1) is 12.4. The van der Waals surface area contributed by atoms with E-state index in [1.54, 1.807) is 6.07 Å². The molecule has 0 bridgehead atoms. The molecule has 0 saturated carbocycles. The quantitative estimate of drug-likeness (QED) is 0.841. The van der Waals surface area contributed by atoms with E-state index in [4.69, 9.17) is 0 Å². The average Bonchev–Trinajstić information content (AvgIpc) is 2.27. The van der Waals surface area contributed by atoms with Crippen LogP contribution in [0.5, 0.6) is 0 Å². The summed E-state index contributed by atoms with van der Waals surface area (Å²) < 4.78 is 27.6. The summed E-state index contributed by atoms with van der Waals surface area (Å²) >= 11 is 6.15. The Morgan fingerprint density at radius 3 is 2.47 bits per heavy atom. The van der Waals surface area contributed by atoms with Gasteiger partial charge in [-0.05, 0) is 56.1 Å². The van der Waals surface area contributed by atoms with Crippen LogP contribution in [0.25, 0.3) is 0 Å². The normalized spacial score (nSPS) is 10.4. The SMILES string of the molecule is Fc1cc(Nc2ncc(Br)cc2F)ccc1Br. The lowest BCUT2D eigenvalue weighted by atomic mass is 10.3. The van der Waals surface area contributed by atoms with Gasteiger partial charge in [-0.1, -0.05) is 0 Å². The molecular formula is C11H6Br2F2N2. The number of aromatic nitrogens is 1. The minimum Gasteiger partial charge on any atom is -0.338 e. The van der Waals surface area contributed by atoms with Crippen LogP contribution in [0.2, 0.25) is 0 Å². The van der Waals surface area contributed by atoms with Crippen molar-refractivity contribution in [1.82, 2.24) is 4.98 Å². The van der Waals surface area contributed by atoms with Gasteiger partial charge in [0.15, 0.2) is 11.6 Å². The molecule has 0 saturated heterocycles. The summed E-state index contributed by atoms with van der Waals surface area (Å²) in [6, 6.07) is 5.70. The highest BCUT2D eigenvalue weighted by atomic mass is 79.9. The van der Waals surface area contributed by atoms with E-state index < -0.39 is 11.6 Å². The zero-order chi connectivity index (χ0) is 12.4. The molecule has 1 N–H and O–H groups in total. The molecule has 0 aliphatic heterocycles. The van der Waals surface area contributed by atoms with Crippen LogP contribution in [0.1, 0.15) is 0 Å². The Bertz CT molecular complexity index is 561. The van der Waals surface area contributed by atoms with Gasteiger partial charge in [0.1, 0.15) is 5.82 Å². The van der Waals surface area contributed by atoms with Crippen LogP contribution >= 0.6 is 31.9 Å². The summed E-state index contributed by atoms with van der Waals surface area (Å²) in [6.07, 6.45) is 1.46. The monoisotopic (exact) mass is 362 g/mol. The molecule has 0 amide bonds. The van der Waals surface area contributed by atoms with Crippen LogP contribution in [0, 0.1) is 11.6 Å². The van der Waals surface area contributed by atoms with E-state index in [0.717, 1.165) is 0 Å². The van der Waals surface area contributed by atoms with Gasteiger partial charge in [0, 0.05) is 16.4 Å². The number of pyridine rings is 1. The summed E-state index contributed by atoms with van der Waals surface area (Å²) in [5.74, 6) is -0.884. The lowest BCUT2D eigenvalue weighted by Gasteiger charge is -2.07. The second-order valence-corrected chi connectivity index (χ2v) is 5.01. The Morgan fingerprint density at radius 2 is 1.82 bits per heavy atom. The van der Waals surface area contributed by atoms with Crippen molar-refractivity contribution >= 4 is 43.4 Å². The molecule has 17 heavy (non-hydrogen) atoms. The maximum Gasteiger partial charge on any atom is 0.166 e. The molecule has 6 heteroatoms. The maximum atomic E-state index is 13.5. The fraction of sp³-hybridized carbons (Fsp3) is 0. The molecule has 0 spiro atoms. The first-order valence-electron chi connectivity index (χ1n) is 4.59. The first-order chi connectivity index (χ1) is 8.06. The molecule has 2 nitrogen and oxygen atoms in total. The molecule has 0 radical (unpaired) electrons. The number of hydrogen-bond donors (Lipinski definition) is 1. The van der Waals surface area contributed by atoms with Crippen LogP contribution in [0.3, 0.4) is 0 Å². The zero-order valence-corrected chi connectivity index (χ0v) is 11.5. The molecule has 0 unspecified atom stereocenters. The lowest BCUT2D eigenvalue weighted by molar-refractivity contribution is 0.620. The third-order valence-electron chi connectivity index (χ3n) is 1.99. The van der Waals surface area contributed by atoms with Crippen molar-refractivity contribution in [2.24, 2.45) is 0 Å². The molecule has 0 fully saturated rings. The van der Waals surface area contributed by atoms with Gasteiger partial charge >= 0.3 is 0 Å². The molecule has 0 aliphatic rings. The fourth-order valence-electron chi connectivity index (χ4n) is 1.22. The predicted octanol–water partition coefficient (Wildman–Crippen LogP) is 4.63. The van der Waals surface area contributed by atoms with Gasteiger partial charge < -0.3 is 5.32 Å². The van der Waals surface area contributed by atoms with Crippen molar-refractivity contribution in [3.8, 4) is 0 Å². The summed E-state index contributed by atoms with van der Waals surface area (Å²) in [6.45, 7) is 0. The van der Waals surface area contributed by atoms with Crippen molar-refractivity contribution in [3.05, 3.63) is 51.0 Å². The van der Waals surface area contributed by atoms with Crippen molar-refractivity contribution in [3.63, 3.8) is 0 Å². The Labute approximate surface area is 113 Å². The van der Waals surface area contributed by atoms with Crippen LogP contribution in [-0.4, -0.2) is 4.98 Å². The minimum atomic E-state index is -0.511. The average molecular weight is 364 g/mol. The van der Waals surface area contributed by atoms with E-state index in [1.807, 2.05) is 0 Å². The summed E-state index contributed by atoms with van der Waals surface area (Å²) in [4.78, 5) is 3.86. The van der Waals surface area contributed by atoms with Gasteiger partial charge in [-0.25, -0.2) is 13.8 Å². The molecule has 1 aromatic heterocycles. The highest BCUT2D eigenvalue weighted by Gasteiger charge is 2.06. The molecule has 0 atom stereocenters. The number of nitrogens with one attached hydrogen (secondary N) is 1. The van der Waals surface area contributed by atoms with E-state index in [1.165, 1.54) is 24.4 Å². The number of hydrogen-bond acceptors (Lipinski definition) is 2. The standard InChI is InChI=1S/C11H6Br2F2N2/c12-6-3-10(15)11(16-5-6)17-7-1-2-8(13)9(14)4-7/h1-5H,(H,16,17). The third kappa shape index (κ3) is 3.01. The predicted molar refractivity (Wildman–Crippen MR) is 69.3 cm³/mol. The molecule has 1 aromatic carbocycles. The summed E-state index contributed by atoms with van der Waals surface area (Å²) in [7, 11) is 0. The highest BCUT2D eigenvalue weighted by Crippen LogP contribution is 2.23. The molecule has 0 aliphatic carbocycles. The van der Waals surface area contributed by atoms with Gasteiger partial charge in [-0.3, -0.25) is 0 Å². The first-order valence-corrected chi connectivity index (χ1v) is 6.18. The van der Waals surface area contributed by atoms with Crippen molar-refractivity contribution in [2.45, 2.75) is 0 Å². The van der Waals surface area contributed by atoms with Gasteiger partial charge in [-0.2, -0.15) is 0 Å². The van der Waals surface area contributed by atoms with Crippen molar-refractivity contribution in [1.29, 1.82) is 0 Å². The van der Waals surface area contributed by atoms with E-state index >= 15 is 0 Å². The van der Waals surface area contributed by atoms with E-state index in [9.17, 15) is 8.78 Å². The Kier molecular flexibility index (Phi) is 3.73. The number of halogens is 4. The molecule has 1 heterocycles. The van der Waals surface area contributed by atoms with Crippen molar-refractivity contribution < 1.29 is 8.78 Å². The van der Waals surface area contributed by atoms with Crippen LogP contribution < -0.4 is 5.32 Å². The Balaban J connectivity index is 2.28. The second kappa shape index (κ2) is 5.10. The molecule has 2 aromatic rings.